The first-order chi connectivity index (χ1) is 17.8. The Labute approximate surface area is 211 Å². The Kier molecular flexibility index (Phi) is 8.30. The van der Waals surface area contributed by atoms with Gasteiger partial charge in [-0.15, -0.1) is 0 Å². The molecule has 0 aromatic heterocycles. The minimum atomic E-state index is -5.75. The predicted molar refractivity (Wildman–Crippen MR) is 120 cm³/mol. The van der Waals surface area contributed by atoms with Crippen molar-refractivity contribution >= 4 is 17.6 Å². The maximum absolute atomic E-state index is 14.4. The van der Waals surface area contributed by atoms with E-state index in [0.717, 1.165) is 0 Å². The van der Waals surface area contributed by atoms with Gasteiger partial charge in [-0.1, -0.05) is 24.3 Å². The molecule has 38 heavy (non-hydrogen) atoms. The molecule has 0 heterocycles. The fourth-order valence-corrected chi connectivity index (χ4v) is 3.73. The summed E-state index contributed by atoms with van der Waals surface area (Å²) < 4.78 is 105. The van der Waals surface area contributed by atoms with Crippen LogP contribution in [0.5, 0.6) is 5.75 Å². The largest absolute Gasteiger partial charge is 0.497 e. The first-order valence-corrected chi connectivity index (χ1v) is 10.6. The van der Waals surface area contributed by atoms with Gasteiger partial charge in [-0.2, -0.15) is 13.2 Å². The van der Waals surface area contributed by atoms with Gasteiger partial charge in [-0.05, 0) is 35.4 Å². The van der Waals surface area contributed by atoms with Gasteiger partial charge in [0.05, 0.1) is 25.8 Å². The Bertz CT molecular complexity index is 1330. The van der Waals surface area contributed by atoms with E-state index in [1.165, 1.54) is 50.6 Å². The van der Waals surface area contributed by atoms with Crippen molar-refractivity contribution in [2.24, 2.45) is 5.73 Å². The number of amides is 1. The summed E-state index contributed by atoms with van der Waals surface area (Å²) in [6.45, 7) is 0. The van der Waals surface area contributed by atoms with Crippen LogP contribution in [0.2, 0.25) is 0 Å². The second kappa shape index (κ2) is 11.1. The summed E-state index contributed by atoms with van der Waals surface area (Å²) in [5.74, 6) is -13.2. The molecular formula is C25H19F7N2O4. The predicted octanol–water partition coefficient (Wildman–Crippen LogP) is 5.15. The molecule has 3 rings (SSSR count). The summed E-state index contributed by atoms with van der Waals surface area (Å²) >= 11 is 0. The molecule has 6 nitrogen and oxygen atoms in total. The zero-order chi connectivity index (χ0) is 28.4. The zero-order valence-corrected chi connectivity index (χ0v) is 19.6. The average molecular weight is 544 g/mol. The summed E-state index contributed by atoms with van der Waals surface area (Å²) in [4.78, 5) is 24.7. The summed E-state index contributed by atoms with van der Waals surface area (Å²) in [6.07, 6.45) is -5.75. The molecule has 3 aromatic rings. The molecule has 0 spiro atoms. The number of carbonyl (C=O) groups is 2. The number of benzene rings is 3. The molecule has 0 saturated carbocycles. The van der Waals surface area contributed by atoms with Crippen molar-refractivity contribution in [2.45, 2.75) is 18.1 Å². The maximum atomic E-state index is 14.4. The van der Waals surface area contributed by atoms with Crippen molar-refractivity contribution in [3.05, 3.63) is 94.1 Å². The van der Waals surface area contributed by atoms with Crippen molar-refractivity contribution in [1.82, 2.24) is 0 Å². The fourth-order valence-electron chi connectivity index (χ4n) is 3.73. The lowest BCUT2D eigenvalue weighted by Crippen LogP contribution is -2.41. The molecule has 0 aliphatic heterocycles. The van der Waals surface area contributed by atoms with Crippen LogP contribution in [0.25, 0.3) is 0 Å². The molecule has 2 atom stereocenters. The van der Waals surface area contributed by atoms with Crippen LogP contribution in [-0.2, 0) is 15.7 Å². The second-order valence-corrected chi connectivity index (χ2v) is 7.89. The molecule has 13 heteroatoms. The number of rotatable bonds is 7. The van der Waals surface area contributed by atoms with Crippen LogP contribution in [0.3, 0.4) is 0 Å². The van der Waals surface area contributed by atoms with E-state index in [-0.39, 0.29) is 5.56 Å². The molecule has 0 saturated heterocycles. The van der Waals surface area contributed by atoms with Crippen LogP contribution < -0.4 is 15.8 Å². The number of esters is 1. The number of ether oxygens (including phenoxy) is 2. The highest BCUT2D eigenvalue weighted by atomic mass is 19.4. The molecule has 0 fully saturated rings. The lowest BCUT2D eigenvalue weighted by Gasteiger charge is -2.25. The summed E-state index contributed by atoms with van der Waals surface area (Å²) in [5.41, 5.74) is 2.37. The van der Waals surface area contributed by atoms with E-state index in [0.29, 0.717) is 16.9 Å². The van der Waals surface area contributed by atoms with E-state index in [2.05, 4.69) is 4.74 Å². The van der Waals surface area contributed by atoms with E-state index in [1.807, 2.05) is 0 Å². The number of hydrogen-bond donors (Lipinski definition) is 2. The normalized spacial score (nSPS) is 13.0. The first-order valence-electron chi connectivity index (χ1n) is 10.6. The zero-order valence-electron chi connectivity index (χ0n) is 19.6. The fraction of sp³-hybridized carbons (Fsp3) is 0.200. The summed E-state index contributed by atoms with van der Waals surface area (Å²) in [5, 5.41) is 1.56. The van der Waals surface area contributed by atoms with Crippen molar-refractivity contribution in [3.8, 4) is 5.75 Å². The Morgan fingerprint density at radius 3 is 1.95 bits per heavy atom. The van der Waals surface area contributed by atoms with Crippen LogP contribution in [-0.4, -0.2) is 32.1 Å². The van der Waals surface area contributed by atoms with Crippen molar-refractivity contribution < 1.29 is 49.8 Å². The minimum absolute atomic E-state index is 0.151. The SMILES string of the molecule is COC(=O)c1ccc(C(c2cccc(OC)c2)[C@H](N)C(=O)Nc2c(F)c(F)c(C(F)(F)F)c(F)c2F)cc1. The molecule has 0 aliphatic carbocycles. The topological polar surface area (TPSA) is 90.7 Å². The standard InChI is InChI=1S/C25H19F7N2O4/c1-37-14-5-3-4-13(10-14)15(11-6-8-12(9-7-11)24(36)38-2)21(33)23(35)34-22-19(28)17(26)16(25(30,31)32)18(27)20(22)29/h3-10,15,21H,33H2,1-2H3,(H,34,35)/t15?,21-/m0/s1. The number of nitrogens with one attached hydrogen (secondary N) is 1. The van der Waals surface area contributed by atoms with Gasteiger partial charge in [0.1, 0.15) is 17.0 Å². The number of alkyl halides is 3. The van der Waals surface area contributed by atoms with Crippen LogP contribution in [0, 0.1) is 23.3 Å². The quantitative estimate of drug-likeness (QED) is 0.244. The average Bonchev–Trinajstić information content (AvgIpc) is 2.89. The van der Waals surface area contributed by atoms with E-state index >= 15 is 0 Å². The number of carbonyl (C=O) groups excluding carboxylic acids is 2. The Balaban J connectivity index is 2.05. The summed E-state index contributed by atoms with van der Waals surface area (Å²) in [6, 6.07) is 10.00. The molecule has 0 radical (unpaired) electrons. The van der Waals surface area contributed by atoms with E-state index in [1.54, 1.807) is 17.4 Å². The van der Waals surface area contributed by atoms with Crippen molar-refractivity contribution in [3.63, 3.8) is 0 Å². The smallest absolute Gasteiger partial charge is 0.422 e. The van der Waals surface area contributed by atoms with Gasteiger partial charge < -0.3 is 20.5 Å². The van der Waals surface area contributed by atoms with Crippen LogP contribution in [0.1, 0.15) is 33.0 Å². The molecule has 3 N–H and O–H groups in total. The minimum Gasteiger partial charge on any atom is -0.497 e. The van der Waals surface area contributed by atoms with Crippen LogP contribution in [0.4, 0.5) is 36.4 Å². The number of anilines is 1. The molecule has 1 amide bonds. The number of nitrogens with two attached hydrogens (primary N) is 1. The third-order valence-electron chi connectivity index (χ3n) is 5.60. The molecule has 202 valence electrons. The molecular weight excluding hydrogens is 525 g/mol. The number of halogens is 7. The third-order valence-corrected chi connectivity index (χ3v) is 5.60. The second-order valence-electron chi connectivity index (χ2n) is 7.89. The van der Waals surface area contributed by atoms with Gasteiger partial charge >= 0.3 is 12.1 Å². The Morgan fingerprint density at radius 1 is 0.868 bits per heavy atom. The highest BCUT2D eigenvalue weighted by Gasteiger charge is 2.43. The Morgan fingerprint density at radius 2 is 1.45 bits per heavy atom. The van der Waals surface area contributed by atoms with Crippen molar-refractivity contribution in [1.29, 1.82) is 0 Å². The maximum Gasteiger partial charge on any atom is 0.422 e. The van der Waals surface area contributed by atoms with Crippen LogP contribution >= 0.6 is 0 Å². The molecule has 3 aromatic carbocycles. The van der Waals surface area contributed by atoms with E-state index in [4.69, 9.17) is 10.5 Å². The third kappa shape index (κ3) is 5.57. The van der Waals surface area contributed by atoms with Gasteiger partial charge in [0, 0.05) is 5.92 Å². The highest BCUT2D eigenvalue weighted by Crippen LogP contribution is 2.39. The van der Waals surface area contributed by atoms with Gasteiger partial charge in [-0.25, -0.2) is 22.4 Å². The molecule has 0 aliphatic rings. The van der Waals surface area contributed by atoms with Gasteiger partial charge in [0.2, 0.25) is 5.91 Å². The Hall–Kier alpha value is -4.13. The van der Waals surface area contributed by atoms with Gasteiger partial charge in [0.25, 0.3) is 0 Å². The van der Waals surface area contributed by atoms with Crippen molar-refractivity contribution in [2.75, 3.05) is 19.5 Å². The highest BCUT2D eigenvalue weighted by molar-refractivity contribution is 5.96. The lowest BCUT2D eigenvalue weighted by molar-refractivity contribution is -0.143. The number of hydrogen-bond acceptors (Lipinski definition) is 5. The molecule has 1 unspecified atom stereocenters. The lowest BCUT2D eigenvalue weighted by atomic mass is 9.84. The molecule has 0 bridgehead atoms. The monoisotopic (exact) mass is 544 g/mol. The van der Waals surface area contributed by atoms with Crippen LogP contribution in [0.15, 0.2) is 48.5 Å². The summed E-state index contributed by atoms with van der Waals surface area (Å²) in [7, 11) is 2.53. The van der Waals surface area contributed by atoms with Gasteiger partial charge in [0.15, 0.2) is 23.3 Å². The van der Waals surface area contributed by atoms with Gasteiger partial charge in [-0.3, -0.25) is 4.79 Å². The van der Waals surface area contributed by atoms with E-state index < -0.39 is 64.5 Å². The van der Waals surface area contributed by atoms with E-state index in [9.17, 15) is 40.3 Å². The number of methoxy groups -OCH3 is 2. The first kappa shape index (κ1) is 28.4.